The molecule has 0 bridgehead atoms. The highest BCUT2D eigenvalue weighted by atomic mass is 16.2. The number of carbonyl (C=O) groups excluding carboxylic acids is 7. The van der Waals surface area contributed by atoms with Gasteiger partial charge in [0.2, 0.25) is 35.4 Å². The summed E-state index contributed by atoms with van der Waals surface area (Å²) in [4.78, 5) is 105. The third-order valence-electron chi connectivity index (χ3n) is 9.70. The molecule has 0 unspecified atom stereocenters. The van der Waals surface area contributed by atoms with Gasteiger partial charge in [-0.1, -0.05) is 13.8 Å². The number of quaternary nitrogens is 1. The highest BCUT2D eigenvalue weighted by Gasteiger charge is 2.33. The van der Waals surface area contributed by atoms with Gasteiger partial charge in [-0.05, 0) is 83.5 Å². The van der Waals surface area contributed by atoms with Gasteiger partial charge in [0, 0.05) is 0 Å². The third-order valence-corrected chi connectivity index (χ3v) is 9.70. The minimum atomic E-state index is -1.29. The van der Waals surface area contributed by atoms with Gasteiger partial charge < -0.3 is 48.2 Å². The molecule has 0 aliphatic rings. The number of nitrogens with two attached hydrogens (primary N) is 9. The van der Waals surface area contributed by atoms with Crippen LogP contribution in [0, 0.1) is 5.92 Å². The number of aldehydes is 1. The molecule has 0 rings (SSSR count). The molecule has 0 aromatic heterocycles. The van der Waals surface area contributed by atoms with Crippen molar-refractivity contribution < 1.29 is 59.3 Å². The van der Waals surface area contributed by atoms with Crippen LogP contribution in [0.3, 0.4) is 0 Å². The molecule has 6 amide bonds. The maximum atomic E-state index is 14.2. The van der Waals surface area contributed by atoms with Crippen molar-refractivity contribution in [3.63, 3.8) is 0 Å². The van der Waals surface area contributed by atoms with Crippen LogP contribution in [0.4, 0.5) is 0 Å². The molecule has 0 fully saturated rings. The second-order valence-corrected chi connectivity index (χ2v) is 16.0. The number of hydrogen-bond acceptors (Lipinski definition) is 8. The average molecular weight is 930 g/mol. The predicted molar refractivity (Wildman–Crippen MR) is 242 cm³/mol. The van der Waals surface area contributed by atoms with Crippen molar-refractivity contribution in [1.82, 2.24) is 31.9 Å². The van der Waals surface area contributed by atoms with E-state index in [1.54, 1.807) is 13.8 Å². The second kappa shape index (κ2) is 33.1. The van der Waals surface area contributed by atoms with E-state index < -0.39 is 83.7 Å². The van der Waals surface area contributed by atoms with Crippen molar-refractivity contribution in [1.29, 1.82) is 0 Å². The van der Waals surface area contributed by atoms with Gasteiger partial charge in [0.25, 0.3) is 0 Å². The lowest BCUT2D eigenvalue weighted by Crippen LogP contribution is -2.78. The number of carbonyl (C=O) groups is 7. The van der Waals surface area contributed by atoms with E-state index in [0.29, 0.717) is 38.6 Å². The molecular weight excluding hydrogens is 849 g/mol. The number of unbranched alkanes of at least 4 members (excludes halogenated alkanes) is 1. The van der Waals surface area contributed by atoms with Crippen molar-refractivity contribution in [2.24, 2.45) is 57.5 Å². The molecule has 0 saturated heterocycles. The fourth-order valence-corrected chi connectivity index (χ4v) is 6.14. The maximum Gasteiger partial charge on any atom is 0.338 e. The molecule has 0 aliphatic heterocycles. The lowest BCUT2D eigenvalue weighted by Gasteiger charge is -2.28. The third kappa shape index (κ3) is 27.3. The largest absolute Gasteiger partial charge is 0.358 e. The van der Waals surface area contributed by atoms with E-state index in [0.717, 1.165) is 0 Å². The van der Waals surface area contributed by atoms with Crippen LogP contribution in [-0.4, -0.2) is 141 Å². The zero-order chi connectivity index (χ0) is 49.5. The Bertz CT molecular complexity index is 1630. The lowest BCUT2D eigenvalue weighted by molar-refractivity contribution is -0.460. The van der Waals surface area contributed by atoms with Crippen LogP contribution in [0.15, 0.2) is 0 Å². The summed E-state index contributed by atoms with van der Waals surface area (Å²) in [6.45, 7) is 6.48. The van der Waals surface area contributed by atoms with Gasteiger partial charge in [-0.2, -0.15) is 0 Å². The van der Waals surface area contributed by atoms with Crippen LogP contribution < -0.4 is 109 Å². The Morgan fingerprint density at radius 3 is 1.11 bits per heavy atom. The first kappa shape index (κ1) is 58.5. The minimum Gasteiger partial charge on any atom is -0.358 e. The van der Waals surface area contributed by atoms with Crippen molar-refractivity contribution in [2.75, 3.05) is 32.7 Å². The molecule has 65 heavy (non-hydrogen) atoms. The first-order valence-corrected chi connectivity index (χ1v) is 21.9. The first-order valence-electron chi connectivity index (χ1n) is 21.9. The Morgan fingerprint density at radius 1 is 0.462 bits per heavy atom. The van der Waals surface area contributed by atoms with E-state index in [2.05, 4.69) is 57.6 Å². The van der Waals surface area contributed by atoms with Gasteiger partial charge in [0.15, 0.2) is 0 Å². The molecule has 7 atom stereocenters. The van der Waals surface area contributed by atoms with E-state index in [1.807, 2.05) is 0 Å². The Hall–Kier alpha value is -6.51. The molecule has 0 spiro atoms. The highest BCUT2D eigenvalue weighted by molar-refractivity contribution is 5.97. The number of amides is 6. The summed E-state index contributed by atoms with van der Waals surface area (Å²) in [5.41, 5.74) is 54.1. The van der Waals surface area contributed by atoms with Crippen molar-refractivity contribution in [3.05, 3.63) is 0 Å². The Balaban J connectivity index is 6.76. The van der Waals surface area contributed by atoms with E-state index in [4.69, 9.17) is 51.6 Å². The first-order chi connectivity index (χ1) is 30.6. The zero-order valence-electron chi connectivity index (χ0n) is 38.3. The fraction of sp³-hybridized carbons (Fsp3) is 0.711. The van der Waals surface area contributed by atoms with Crippen LogP contribution in [0.5, 0.6) is 0 Å². The fourth-order valence-electron chi connectivity index (χ4n) is 6.14. The lowest BCUT2D eigenvalue weighted by atomic mass is 10.0. The van der Waals surface area contributed by atoms with E-state index in [-0.39, 0.29) is 94.8 Å². The molecule has 0 aliphatic carbocycles. The summed E-state index contributed by atoms with van der Waals surface area (Å²) in [5, 5.41) is 16.1. The van der Waals surface area contributed by atoms with Gasteiger partial charge in [0.1, 0.15) is 36.5 Å². The molecule has 370 valence electrons. The van der Waals surface area contributed by atoms with E-state index >= 15 is 0 Å². The second-order valence-electron chi connectivity index (χ2n) is 16.0. The summed E-state index contributed by atoms with van der Waals surface area (Å²) >= 11 is 0. The predicted octanol–water partition coefficient (Wildman–Crippen LogP) is -15.0. The smallest absolute Gasteiger partial charge is 0.338 e. The Morgan fingerprint density at radius 2 is 0.785 bits per heavy atom. The molecule has 0 radical (unpaired) electrons. The van der Waals surface area contributed by atoms with E-state index in [1.165, 1.54) is 6.92 Å². The van der Waals surface area contributed by atoms with Crippen molar-refractivity contribution in [3.8, 4) is 0 Å². The van der Waals surface area contributed by atoms with Crippen LogP contribution in [0.25, 0.3) is 0 Å². The molecule has 31 N–H and O–H groups in total. The number of rotatable bonds is 34. The standard InChI is InChI=1S/C38H76N20O7/c1-21(2)28(34(65)53-22(3)20-59)58-33(64)27(14-9-19-52-38(47)48)57-32(63)26(13-8-18-51-37(45)46)56-31(62)25(12-7-17-50-36(43)44)55-30(61)24(11-4-5-15-39)54-29(60)23(40)10-6-16-49-35(41)42/h20-28H,4-19,39-40H2,1-3H3,(H,53,65)(H,54,60)(H,55,61)(H,56,62)(H,57,63)(H,58,64)(H4,41,42,49)(H4,43,44,50)(H4,45,46,51)(H4,47,48,52)/p+5/t22-,23-,24-,25-,26-,27-,28-/m0/s1. The monoisotopic (exact) mass is 930 g/mol. The quantitative estimate of drug-likeness (QED) is 0.0123. The molecular formula is C38H81N20O7+5. The minimum absolute atomic E-state index is 0.000954. The van der Waals surface area contributed by atoms with Crippen LogP contribution in [-0.2, 0) is 33.6 Å². The van der Waals surface area contributed by atoms with Gasteiger partial charge in [0.05, 0.1) is 44.8 Å². The molecule has 0 heterocycles. The molecule has 0 saturated carbocycles. The average Bonchev–Trinajstić information content (AvgIpc) is 3.23. The van der Waals surface area contributed by atoms with Crippen LogP contribution >= 0.6 is 0 Å². The van der Waals surface area contributed by atoms with Crippen LogP contribution in [0.2, 0.25) is 0 Å². The molecule has 0 aromatic rings. The van der Waals surface area contributed by atoms with Crippen LogP contribution in [0.1, 0.15) is 91.4 Å². The SMILES string of the molecule is CC(C)[C@H](NC(=O)[C@H](CCC[NH+]=C(N)N)NC(=O)[C@H](CCC[NH+]=C(N)N)NC(=O)[C@H](CCC[NH+]=C(N)N)NC(=O)[C@H](CCCC[NH3+])NC(=O)[C@@H](N)CCC[NH+]=C(N)N)C(=O)N[C@@H](C)C=O. The van der Waals surface area contributed by atoms with Crippen molar-refractivity contribution in [2.45, 2.75) is 134 Å². The number of guanidine groups is 4. The van der Waals surface area contributed by atoms with Crippen molar-refractivity contribution >= 4 is 65.6 Å². The summed E-state index contributed by atoms with van der Waals surface area (Å²) in [5.74, 6) is -4.70. The normalized spacial score (nSPS) is 14.0. The van der Waals surface area contributed by atoms with Gasteiger partial charge in [-0.15, -0.1) is 0 Å². The Kier molecular flexibility index (Phi) is 29.8. The summed E-state index contributed by atoms with van der Waals surface area (Å²) < 4.78 is 0. The van der Waals surface area contributed by atoms with Gasteiger partial charge >= 0.3 is 23.8 Å². The maximum absolute atomic E-state index is 14.2. The Labute approximate surface area is 380 Å². The summed E-state index contributed by atoms with van der Waals surface area (Å²) in [7, 11) is 0. The zero-order valence-corrected chi connectivity index (χ0v) is 38.3. The van der Waals surface area contributed by atoms with Gasteiger partial charge in [-0.3, -0.25) is 94.6 Å². The van der Waals surface area contributed by atoms with E-state index in [9.17, 15) is 33.6 Å². The summed E-state index contributed by atoms with van der Waals surface area (Å²) in [6, 6.07) is -7.75. The number of nitrogens with one attached hydrogen (secondary N) is 10. The molecule has 27 nitrogen and oxygen atoms in total. The topological polar surface area (TPSA) is 509 Å². The molecule has 0 aromatic carbocycles. The number of hydrogen-bond donors (Lipinski definition) is 20. The highest BCUT2D eigenvalue weighted by Crippen LogP contribution is 2.09. The molecule has 27 heteroatoms. The summed E-state index contributed by atoms with van der Waals surface area (Å²) in [6.07, 6.45) is 3.47. The van der Waals surface area contributed by atoms with Gasteiger partial charge in [-0.25, -0.2) is 0 Å².